The number of aliphatic hydroxyl groups excluding tert-OH is 1. The molecule has 0 saturated carbocycles. The predicted octanol–water partition coefficient (Wildman–Crippen LogP) is 0.867. The Bertz CT molecular complexity index is 278. The molecule has 1 aliphatic rings. The second kappa shape index (κ2) is 4.33. The highest BCUT2D eigenvalue weighted by atomic mass is 32.1. The van der Waals surface area contributed by atoms with Crippen LogP contribution in [-0.2, 0) is 11.2 Å². The van der Waals surface area contributed by atoms with Crippen LogP contribution >= 0.6 is 11.5 Å². The number of nitrogens with zero attached hydrogens (tertiary/aromatic N) is 2. The summed E-state index contributed by atoms with van der Waals surface area (Å²) in [5, 5.41) is 15.7. The van der Waals surface area contributed by atoms with Gasteiger partial charge in [-0.3, -0.25) is 0 Å². The molecule has 1 aromatic rings. The Kier molecular flexibility index (Phi) is 3.10. The minimum absolute atomic E-state index is 0.256. The van der Waals surface area contributed by atoms with Gasteiger partial charge >= 0.3 is 0 Å². The highest BCUT2D eigenvalue weighted by Crippen LogP contribution is 2.23. The fourth-order valence-electron chi connectivity index (χ4n) is 1.77. The maximum Gasteiger partial charge on any atom is 0.0781 e. The lowest BCUT2D eigenvalue weighted by atomic mass is 9.96. The molecule has 0 aromatic carbocycles. The van der Waals surface area contributed by atoms with Crippen LogP contribution in [0.15, 0.2) is 5.38 Å². The van der Waals surface area contributed by atoms with Gasteiger partial charge in [0, 0.05) is 17.7 Å². The number of rotatable bonds is 3. The molecule has 0 bridgehead atoms. The van der Waals surface area contributed by atoms with E-state index in [1.165, 1.54) is 11.5 Å². The van der Waals surface area contributed by atoms with E-state index in [0.29, 0.717) is 13.0 Å². The number of hydrogen-bond donors (Lipinski definition) is 1. The number of ether oxygens (including phenoxy) is 1. The van der Waals surface area contributed by atoms with Gasteiger partial charge in [0.1, 0.15) is 0 Å². The Hall–Kier alpha value is -0.520. The van der Waals surface area contributed by atoms with E-state index >= 15 is 0 Å². The van der Waals surface area contributed by atoms with Crippen LogP contribution in [-0.4, -0.2) is 33.5 Å². The third-order valence-corrected chi connectivity index (χ3v) is 3.15. The molecule has 1 N–H and O–H groups in total. The average molecular weight is 214 g/mol. The van der Waals surface area contributed by atoms with Gasteiger partial charge in [-0.25, -0.2) is 0 Å². The molecule has 0 amide bonds. The number of hydrogen-bond acceptors (Lipinski definition) is 5. The van der Waals surface area contributed by atoms with E-state index in [0.717, 1.165) is 12.1 Å². The Morgan fingerprint density at radius 1 is 1.79 bits per heavy atom. The zero-order valence-corrected chi connectivity index (χ0v) is 8.91. The van der Waals surface area contributed by atoms with E-state index in [1.807, 2.05) is 12.3 Å². The topological polar surface area (TPSA) is 55.2 Å². The molecule has 5 heteroatoms. The van der Waals surface area contributed by atoms with Crippen molar-refractivity contribution in [3.8, 4) is 0 Å². The quantitative estimate of drug-likeness (QED) is 0.811. The normalized spacial score (nSPS) is 29.3. The lowest BCUT2D eigenvalue weighted by Crippen LogP contribution is -2.23. The van der Waals surface area contributed by atoms with Crippen molar-refractivity contribution in [2.45, 2.75) is 32.0 Å². The van der Waals surface area contributed by atoms with Crippen molar-refractivity contribution in [1.82, 2.24) is 9.59 Å². The Morgan fingerprint density at radius 3 is 3.21 bits per heavy atom. The van der Waals surface area contributed by atoms with Crippen molar-refractivity contribution in [2.75, 3.05) is 6.61 Å². The fourth-order valence-corrected chi connectivity index (χ4v) is 2.24. The van der Waals surface area contributed by atoms with Gasteiger partial charge in [-0.15, -0.1) is 5.10 Å². The van der Waals surface area contributed by atoms with E-state index in [-0.39, 0.29) is 18.1 Å². The van der Waals surface area contributed by atoms with E-state index in [2.05, 4.69) is 9.59 Å². The average Bonchev–Trinajstić information content (AvgIpc) is 2.75. The first-order valence-corrected chi connectivity index (χ1v) is 5.65. The molecule has 1 aromatic heterocycles. The molecular weight excluding hydrogens is 200 g/mol. The maximum absolute atomic E-state index is 9.90. The van der Waals surface area contributed by atoms with Gasteiger partial charge in [0.15, 0.2) is 0 Å². The summed E-state index contributed by atoms with van der Waals surface area (Å²) in [6, 6.07) is 0. The van der Waals surface area contributed by atoms with Gasteiger partial charge < -0.3 is 9.84 Å². The van der Waals surface area contributed by atoms with Crippen LogP contribution in [0.2, 0.25) is 0 Å². The Morgan fingerprint density at radius 2 is 2.64 bits per heavy atom. The molecule has 1 fully saturated rings. The molecule has 4 nitrogen and oxygen atoms in total. The molecule has 14 heavy (non-hydrogen) atoms. The van der Waals surface area contributed by atoms with Gasteiger partial charge in [0.05, 0.1) is 24.5 Å². The summed E-state index contributed by atoms with van der Waals surface area (Å²) in [4.78, 5) is 0. The zero-order chi connectivity index (χ0) is 9.97. The molecule has 1 saturated heterocycles. The number of aromatic nitrogens is 2. The predicted molar refractivity (Wildman–Crippen MR) is 53.1 cm³/mol. The van der Waals surface area contributed by atoms with Crippen LogP contribution in [0.3, 0.4) is 0 Å². The van der Waals surface area contributed by atoms with E-state index in [1.54, 1.807) is 0 Å². The minimum Gasteiger partial charge on any atom is -0.392 e. The summed E-state index contributed by atoms with van der Waals surface area (Å²) >= 11 is 1.32. The Labute approximate surface area is 87.1 Å². The second-order valence-corrected chi connectivity index (χ2v) is 4.42. The van der Waals surface area contributed by atoms with Gasteiger partial charge in [0.2, 0.25) is 0 Å². The second-order valence-electron chi connectivity index (χ2n) is 3.81. The third kappa shape index (κ3) is 2.29. The summed E-state index contributed by atoms with van der Waals surface area (Å²) in [5.74, 6) is 0.256. The molecule has 78 valence electrons. The minimum atomic E-state index is -0.344. The van der Waals surface area contributed by atoms with Crippen molar-refractivity contribution in [1.29, 1.82) is 0 Å². The molecule has 1 aliphatic heterocycles. The monoisotopic (exact) mass is 214 g/mol. The van der Waals surface area contributed by atoms with Crippen molar-refractivity contribution in [3.05, 3.63) is 11.1 Å². The van der Waals surface area contributed by atoms with Gasteiger partial charge in [-0.2, -0.15) is 0 Å². The van der Waals surface area contributed by atoms with Crippen LogP contribution in [0.5, 0.6) is 0 Å². The molecule has 3 unspecified atom stereocenters. The maximum atomic E-state index is 9.90. The van der Waals surface area contributed by atoms with Crippen molar-refractivity contribution in [2.24, 2.45) is 5.92 Å². The molecule has 3 atom stereocenters. The molecule has 0 spiro atoms. The first-order chi connectivity index (χ1) is 6.75. The lowest BCUT2D eigenvalue weighted by molar-refractivity contribution is 0.0802. The first-order valence-electron chi connectivity index (χ1n) is 4.81. The lowest BCUT2D eigenvalue weighted by Gasteiger charge is -2.14. The van der Waals surface area contributed by atoms with Crippen LogP contribution in [0.1, 0.15) is 19.0 Å². The van der Waals surface area contributed by atoms with Gasteiger partial charge in [0.25, 0.3) is 0 Å². The van der Waals surface area contributed by atoms with Gasteiger partial charge in [-0.1, -0.05) is 4.49 Å². The third-order valence-electron chi connectivity index (χ3n) is 2.60. The van der Waals surface area contributed by atoms with E-state index in [4.69, 9.17) is 4.74 Å². The summed E-state index contributed by atoms with van der Waals surface area (Å²) in [6.45, 7) is 2.71. The SMILES string of the molecule is CC1CC(C(O)Cc2csnn2)CO1. The van der Waals surface area contributed by atoms with Crippen molar-refractivity contribution in [3.63, 3.8) is 0 Å². The highest BCUT2D eigenvalue weighted by Gasteiger charge is 2.28. The van der Waals surface area contributed by atoms with E-state index < -0.39 is 0 Å². The smallest absolute Gasteiger partial charge is 0.0781 e. The highest BCUT2D eigenvalue weighted by molar-refractivity contribution is 7.03. The molecule has 0 radical (unpaired) electrons. The first kappa shape index (κ1) is 10.0. The van der Waals surface area contributed by atoms with E-state index in [9.17, 15) is 5.11 Å². The fraction of sp³-hybridized carbons (Fsp3) is 0.778. The summed E-state index contributed by atoms with van der Waals surface area (Å²) in [5.41, 5.74) is 0.877. The van der Waals surface area contributed by atoms with Crippen molar-refractivity contribution >= 4 is 11.5 Å². The van der Waals surface area contributed by atoms with Crippen molar-refractivity contribution < 1.29 is 9.84 Å². The van der Waals surface area contributed by atoms with Crippen LogP contribution < -0.4 is 0 Å². The summed E-state index contributed by atoms with van der Waals surface area (Å²) < 4.78 is 9.18. The van der Waals surface area contributed by atoms with Gasteiger partial charge in [-0.05, 0) is 24.9 Å². The summed E-state index contributed by atoms with van der Waals surface area (Å²) in [6.07, 6.45) is 1.47. The van der Waals surface area contributed by atoms with Crippen LogP contribution in [0, 0.1) is 5.92 Å². The molecular formula is C9H14N2O2S. The molecule has 2 heterocycles. The van der Waals surface area contributed by atoms with Crippen LogP contribution in [0.4, 0.5) is 0 Å². The Balaban J connectivity index is 1.87. The van der Waals surface area contributed by atoms with Crippen LogP contribution in [0.25, 0.3) is 0 Å². The number of aliphatic hydroxyl groups is 1. The zero-order valence-electron chi connectivity index (χ0n) is 8.09. The summed E-state index contributed by atoms with van der Waals surface area (Å²) in [7, 11) is 0. The molecule has 2 rings (SSSR count). The largest absolute Gasteiger partial charge is 0.392 e. The molecule has 0 aliphatic carbocycles. The standard InChI is InChI=1S/C9H14N2O2S/c1-6-2-7(4-13-6)9(12)3-8-5-14-11-10-8/h5-7,9,12H,2-4H2,1H3.